The maximum Gasteiger partial charge on any atom is 0.573 e. The first-order chi connectivity index (χ1) is 14.9. The minimum atomic E-state index is -4.72. The zero-order valence-corrected chi connectivity index (χ0v) is 17.5. The summed E-state index contributed by atoms with van der Waals surface area (Å²) in [4.78, 5) is 16.4. The largest absolute Gasteiger partial charge is 0.573 e. The minimum Gasteiger partial charge on any atom is -0.406 e. The number of fused-ring (bicyclic) bond motifs is 4. The Labute approximate surface area is 181 Å². The molecular weight excluding hydrogens is 425 g/mol. The molecule has 0 aliphatic carbocycles. The summed E-state index contributed by atoms with van der Waals surface area (Å²) in [5.41, 5.74) is 2.66. The lowest BCUT2D eigenvalue weighted by Crippen LogP contribution is -2.46. The van der Waals surface area contributed by atoms with Gasteiger partial charge < -0.3 is 9.30 Å². The molecule has 8 heteroatoms. The standard InChI is InChI=1S/C23H21F3N2O2S/c24-23(25,26)30-18-5-3-16(4-6-18)20-7-8-21(29)28-12-15-10-17(22(20)28)13-27(11-15)14-19-2-1-9-31-19/h1-9,15,17H,10-14H2/t15-,17-/m1/s1. The van der Waals surface area contributed by atoms with Crippen LogP contribution >= 0.6 is 11.3 Å². The van der Waals surface area contributed by atoms with Crippen molar-refractivity contribution in [2.24, 2.45) is 5.92 Å². The van der Waals surface area contributed by atoms with Crippen LogP contribution in [0, 0.1) is 5.92 Å². The summed E-state index contributed by atoms with van der Waals surface area (Å²) >= 11 is 1.75. The maximum atomic E-state index is 12.6. The summed E-state index contributed by atoms with van der Waals surface area (Å²) in [6, 6.07) is 13.4. The lowest BCUT2D eigenvalue weighted by atomic mass is 9.80. The monoisotopic (exact) mass is 446 g/mol. The summed E-state index contributed by atoms with van der Waals surface area (Å²) < 4.78 is 43.3. The average molecular weight is 446 g/mol. The molecule has 2 atom stereocenters. The molecule has 1 saturated heterocycles. The molecule has 0 spiro atoms. The van der Waals surface area contributed by atoms with Gasteiger partial charge in [-0.05, 0) is 47.5 Å². The number of pyridine rings is 1. The van der Waals surface area contributed by atoms with Crippen molar-refractivity contribution in [1.82, 2.24) is 9.47 Å². The topological polar surface area (TPSA) is 34.5 Å². The second kappa shape index (κ2) is 7.84. The zero-order chi connectivity index (χ0) is 21.6. The van der Waals surface area contributed by atoms with Crippen LogP contribution in [0.1, 0.15) is 22.9 Å². The van der Waals surface area contributed by atoms with Gasteiger partial charge in [-0.3, -0.25) is 9.69 Å². The fourth-order valence-electron chi connectivity index (χ4n) is 4.95. The third kappa shape index (κ3) is 4.27. The molecule has 2 aromatic heterocycles. The van der Waals surface area contributed by atoms with E-state index in [9.17, 15) is 18.0 Å². The summed E-state index contributed by atoms with van der Waals surface area (Å²) in [6.45, 7) is 3.41. The van der Waals surface area contributed by atoms with Crippen LogP contribution in [0.3, 0.4) is 0 Å². The first kappa shape index (κ1) is 20.3. The van der Waals surface area contributed by atoms with Crippen molar-refractivity contribution in [3.8, 4) is 16.9 Å². The molecule has 0 N–H and O–H groups in total. The molecule has 4 heterocycles. The second-order valence-corrected chi connectivity index (χ2v) is 9.26. The van der Waals surface area contributed by atoms with Crippen LogP contribution in [-0.4, -0.2) is 28.9 Å². The van der Waals surface area contributed by atoms with Crippen molar-refractivity contribution in [1.29, 1.82) is 0 Å². The molecule has 0 radical (unpaired) electrons. The van der Waals surface area contributed by atoms with Gasteiger partial charge in [0.05, 0.1) is 0 Å². The lowest BCUT2D eigenvalue weighted by molar-refractivity contribution is -0.274. The summed E-state index contributed by atoms with van der Waals surface area (Å²) in [5, 5.41) is 2.08. The van der Waals surface area contributed by atoms with Crippen LogP contribution in [0.5, 0.6) is 5.75 Å². The van der Waals surface area contributed by atoms with Crippen molar-refractivity contribution in [3.63, 3.8) is 0 Å². The molecular formula is C23H21F3N2O2S. The number of rotatable bonds is 4. The van der Waals surface area contributed by atoms with Gasteiger partial charge in [-0.1, -0.05) is 18.2 Å². The van der Waals surface area contributed by atoms with Crippen molar-refractivity contribution >= 4 is 11.3 Å². The molecule has 4 nitrogen and oxygen atoms in total. The first-order valence-electron chi connectivity index (χ1n) is 10.2. The van der Waals surface area contributed by atoms with E-state index in [2.05, 4.69) is 27.1 Å². The molecule has 1 aromatic carbocycles. The third-order valence-corrected chi connectivity index (χ3v) is 6.89. The highest BCUT2D eigenvalue weighted by molar-refractivity contribution is 7.09. The van der Waals surface area contributed by atoms with Gasteiger partial charge in [0.25, 0.3) is 5.56 Å². The number of piperidine rings is 1. The number of hydrogen-bond acceptors (Lipinski definition) is 4. The Morgan fingerprint density at radius 2 is 1.84 bits per heavy atom. The van der Waals surface area contributed by atoms with E-state index in [0.29, 0.717) is 12.5 Å². The van der Waals surface area contributed by atoms with Crippen LogP contribution in [0.25, 0.3) is 11.1 Å². The van der Waals surface area contributed by atoms with Crippen LogP contribution in [-0.2, 0) is 13.1 Å². The molecule has 0 unspecified atom stereocenters. The fourth-order valence-corrected chi connectivity index (χ4v) is 5.69. The lowest BCUT2D eigenvalue weighted by Gasteiger charge is -2.43. The van der Waals surface area contributed by atoms with Crippen molar-refractivity contribution in [3.05, 3.63) is 74.8 Å². The number of halogens is 3. The van der Waals surface area contributed by atoms with Crippen LogP contribution < -0.4 is 10.3 Å². The van der Waals surface area contributed by atoms with Gasteiger partial charge in [-0.25, -0.2) is 0 Å². The first-order valence-corrected chi connectivity index (χ1v) is 11.1. The zero-order valence-electron chi connectivity index (χ0n) is 16.6. The molecule has 162 valence electrons. The van der Waals surface area contributed by atoms with Gasteiger partial charge >= 0.3 is 6.36 Å². The van der Waals surface area contributed by atoms with E-state index in [4.69, 9.17) is 0 Å². The highest BCUT2D eigenvalue weighted by atomic mass is 32.1. The molecule has 2 bridgehead atoms. The summed E-state index contributed by atoms with van der Waals surface area (Å²) in [7, 11) is 0. The quantitative estimate of drug-likeness (QED) is 0.560. The number of benzene rings is 1. The van der Waals surface area contributed by atoms with Crippen molar-refractivity contribution in [2.45, 2.75) is 31.8 Å². The predicted octanol–water partition coefficient (Wildman–Crippen LogP) is 5.09. The number of likely N-dealkylation sites (tertiary alicyclic amines) is 1. The predicted molar refractivity (Wildman–Crippen MR) is 113 cm³/mol. The van der Waals surface area contributed by atoms with Crippen LogP contribution in [0.15, 0.2) is 58.7 Å². The van der Waals surface area contributed by atoms with Crippen molar-refractivity contribution < 1.29 is 17.9 Å². The highest BCUT2D eigenvalue weighted by Crippen LogP contribution is 2.40. The van der Waals surface area contributed by atoms with E-state index in [1.165, 1.54) is 17.0 Å². The Hall–Kier alpha value is -2.58. The molecule has 1 fully saturated rings. The molecule has 5 rings (SSSR count). The minimum absolute atomic E-state index is 0.0165. The molecule has 2 aliphatic rings. The van der Waals surface area contributed by atoms with Gasteiger partial charge in [0, 0.05) is 54.3 Å². The number of aromatic nitrogens is 1. The average Bonchev–Trinajstić information content (AvgIpc) is 3.21. The van der Waals surface area contributed by atoms with Gasteiger partial charge in [0.15, 0.2) is 0 Å². The van der Waals surface area contributed by atoms with E-state index in [1.807, 2.05) is 4.57 Å². The van der Waals surface area contributed by atoms with E-state index >= 15 is 0 Å². The van der Waals surface area contributed by atoms with E-state index in [-0.39, 0.29) is 17.2 Å². The molecule has 31 heavy (non-hydrogen) atoms. The fraction of sp³-hybridized carbons (Fsp3) is 0.348. The summed E-state index contributed by atoms with van der Waals surface area (Å²) in [6.07, 6.45) is -3.70. The maximum absolute atomic E-state index is 12.6. The SMILES string of the molecule is O=c1ccc(-c2ccc(OC(F)(F)F)cc2)c2n1C[C@@H]1C[C@@H]2CN(Cc2cccs2)C1. The van der Waals surface area contributed by atoms with E-state index in [1.54, 1.807) is 35.6 Å². The second-order valence-electron chi connectivity index (χ2n) is 8.23. The molecule has 2 aliphatic heterocycles. The van der Waals surface area contributed by atoms with Gasteiger partial charge in [-0.15, -0.1) is 24.5 Å². The number of hydrogen-bond donors (Lipinski definition) is 0. The number of ether oxygens (including phenoxy) is 1. The third-order valence-electron chi connectivity index (χ3n) is 6.02. The van der Waals surface area contributed by atoms with Crippen LogP contribution in [0.2, 0.25) is 0 Å². The highest BCUT2D eigenvalue weighted by Gasteiger charge is 2.36. The van der Waals surface area contributed by atoms with Crippen LogP contribution in [0.4, 0.5) is 13.2 Å². The smallest absolute Gasteiger partial charge is 0.406 e. The Bertz CT molecular complexity index is 1120. The van der Waals surface area contributed by atoms with Gasteiger partial charge in [0.2, 0.25) is 0 Å². The molecule has 3 aromatic rings. The Balaban J connectivity index is 1.47. The van der Waals surface area contributed by atoms with Gasteiger partial charge in [-0.2, -0.15) is 0 Å². The molecule has 0 amide bonds. The van der Waals surface area contributed by atoms with Gasteiger partial charge in [0.1, 0.15) is 5.75 Å². The summed E-state index contributed by atoms with van der Waals surface area (Å²) in [5.74, 6) is 0.377. The van der Waals surface area contributed by atoms with E-state index in [0.717, 1.165) is 42.9 Å². The Kier molecular flexibility index (Phi) is 5.14. The Morgan fingerprint density at radius 3 is 2.55 bits per heavy atom. The Morgan fingerprint density at radius 1 is 1.03 bits per heavy atom. The number of alkyl halides is 3. The normalized spacial score (nSPS) is 21.0. The molecule has 0 saturated carbocycles. The van der Waals surface area contributed by atoms with E-state index < -0.39 is 6.36 Å². The number of nitrogens with zero attached hydrogens (tertiary/aromatic N) is 2. The van der Waals surface area contributed by atoms with Crippen molar-refractivity contribution in [2.75, 3.05) is 13.1 Å². The number of thiophene rings is 1.